The van der Waals surface area contributed by atoms with Crippen molar-refractivity contribution in [2.75, 3.05) is 0 Å². The summed E-state index contributed by atoms with van der Waals surface area (Å²) in [5.41, 5.74) is 13.5. The molecule has 0 unspecified atom stereocenters. The van der Waals surface area contributed by atoms with Crippen molar-refractivity contribution in [2.24, 2.45) is 0 Å². The molecule has 2 heterocycles. The molecule has 0 aliphatic rings. The van der Waals surface area contributed by atoms with Gasteiger partial charge >= 0.3 is 0 Å². The number of nitrogens with zero attached hydrogens (tertiary/aromatic N) is 3. The molecule has 0 N–H and O–H groups in total. The second-order valence-electron chi connectivity index (χ2n) is 13.6. The highest BCUT2D eigenvalue weighted by Crippen LogP contribution is 2.39. The first-order valence-electron chi connectivity index (χ1n) is 18.4. The Hall–Kier alpha value is -7.43. The maximum absolute atomic E-state index is 6.57. The van der Waals surface area contributed by atoms with E-state index in [0.29, 0.717) is 17.5 Å². The van der Waals surface area contributed by atoms with Gasteiger partial charge in [0, 0.05) is 27.5 Å². The molecular weight excluding hydrogens is 671 g/mol. The minimum absolute atomic E-state index is 0.579. The van der Waals surface area contributed by atoms with E-state index in [0.717, 1.165) is 72.0 Å². The molecule has 0 aliphatic carbocycles. The number of hydrogen-bond acceptors (Lipinski definition) is 4. The van der Waals surface area contributed by atoms with E-state index in [4.69, 9.17) is 19.4 Å². The Balaban J connectivity index is 1.09. The van der Waals surface area contributed by atoms with Crippen LogP contribution in [0.15, 0.2) is 205 Å². The van der Waals surface area contributed by atoms with Crippen LogP contribution in [0.3, 0.4) is 0 Å². The highest BCUT2D eigenvalue weighted by molar-refractivity contribution is 6.13. The molecule has 0 bridgehead atoms. The molecule has 10 rings (SSSR count). The Kier molecular flexibility index (Phi) is 8.12. The Morgan fingerprint density at radius 2 is 0.691 bits per heavy atom. The van der Waals surface area contributed by atoms with E-state index in [-0.39, 0.29) is 0 Å². The third-order valence-corrected chi connectivity index (χ3v) is 10.1. The fourth-order valence-electron chi connectivity index (χ4n) is 7.38. The van der Waals surface area contributed by atoms with Crippen LogP contribution < -0.4 is 0 Å². The number of hydrogen-bond donors (Lipinski definition) is 0. The van der Waals surface area contributed by atoms with Crippen molar-refractivity contribution in [1.29, 1.82) is 0 Å². The summed E-state index contributed by atoms with van der Waals surface area (Å²) in [6.07, 6.45) is 0. The van der Waals surface area contributed by atoms with E-state index in [1.165, 1.54) is 11.1 Å². The first-order chi connectivity index (χ1) is 27.2. The van der Waals surface area contributed by atoms with Crippen LogP contribution in [0.25, 0.3) is 101 Å². The van der Waals surface area contributed by atoms with Crippen molar-refractivity contribution in [2.45, 2.75) is 0 Å². The quantitative estimate of drug-likeness (QED) is 0.166. The van der Waals surface area contributed by atoms with E-state index < -0.39 is 0 Å². The smallest absolute Gasteiger partial charge is 0.164 e. The van der Waals surface area contributed by atoms with E-state index in [9.17, 15) is 0 Å². The Bertz CT molecular complexity index is 2950. The van der Waals surface area contributed by atoms with Crippen molar-refractivity contribution < 1.29 is 4.42 Å². The molecule has 55 heavy (non-hydrogen) atoms. The first-order valence-corrected chi connectivity index (χ1v) is 18.4. The maximum Gasteiger partial charge on any atom is 0.164 e. The van der Waals surface area contributed by atoms with Gasteiger partial charge in [0.15, 0.2) is 17.5 Å². The predicted molar refractivity (Wildman–Crippen MR) is 225 cm³/mol. The van der Waals surface area contributed by atoms with Crippen molar-refractivity contribution in [3.05, 3.63) is 200 Å². The maximum atomic E-state index is 6.57. The summed E-state index contributed by atoms with van der Waals surface area (Å²) in [5, 5.41) is 2.13. The molecular formula is C51H33N3O. The SMILES string of the molecule is c1ccc(-c2ccc(-c3nc(-c4cccc(-c5ccccc5)c4)nc(-c4ccc5c(c4)oc4cccc(-c6cccc(-c7ccccc7)c6)c45)n3)cc2)cc1. The molecule has 4 heteroatoms. The third kappa shape index (κ3) is 6.26. The topological polar surface area (TPSA) is 51.8 Å². The molecule has 0 saturated carbocycles. The van der Waals surface area contributed by atoms with Crippen LogP contribution in [0, 0.1) is 0 Å². The van der Waals surface area contributed by atoms with Crippen molar-refractivity contribution in [1.82, 2.24) is 15.0 Å². The zero-order valence-electron chi connectivity index (χ0n) is 29.8. The second-order valence-corrected chi connectivity index (χ2v) is 13.6. The van der Waals surface area contributed by atoms with Crippen LogP contribution in [-0.2, 0) is 0 Å². The summed E-state index contributed by atoms with van der Waals surface area (Å²) < 4.78 is 6.57. The van der Waals surface area contributed by atoms with Crippen molar-refractivity contribution in [3.8, 4) is 78.7 Å². The molecule has 4 nitrogen and oxygen atoms in total. The molecule has 0 aliphatic heterocycles. The van der Waals surface area contributed by atoms with Gasteiger partial charge in [0.05, 0.1) is 0 Å². The monoisotopic (exact) mass is 703 g/mol. The number of benzene rings is 8. The van der Waals surface area contributed by atoms with Crippen LogP contribution in [-0.4, -0.2) is 15.0 Å². The summed E-state index contributed by atoms with van der Waals surface area (Å²) in [6.45, 7) is 0. The first kappa shape index (κ1) is 32.2. The van der Waals surface area contributed by atoms with Crippen LogP contribution in [0.5, 0.6) is 0 Å². The molecule has 0 atom stereocenters. The zero-order chi connectivity index (χ0) is 36.6. The number of rotatable bonds is 7. The summed E-state index contributed by atoms with van der Waals surface area (Å²) in [6, 6.07) is 69.3. The summed E-state index contributed by atoms with van der Waals surface area (Å²) in [7, 11) is 0. The largest absolute Gasteiger partial charge is 0.456 e. The van der Waals surface area contributed by atoms with Gasteiger partial charge in [-0.15, -0.1) is 0 Å². The van der Waals surface area contributed by atoms with Gasteiger partial charge in [0.25, 0.3) is 0 Å². The zero-order valence-corrected chi connectivity index (χ0v) is 29.8. The van der Waals surface area contributed by atoms with Crippen molar-refractivity contribution in [3.63, 3.8) is 0 Å². The minimum atomic E-state index is 0.579. The molecule has 10 aromatic rings. The fraction of sp³-hybridized carbons (Fsp3) is 0. The molecule has 258 valence electrons. The highest BCUT2D eigenvalue weighted by atomic mass is 16.3. The lowest BCUT2D eigenvalue weighted by Crippen LogP contribution is -2.00. The standard InChI is InChI=1S/C51H33N3O/c1-4-13-34(14-5-1)37-25-27-38(28-26-37)49-52-50(42-22-11-20-40(32-42)36-17-8-3-9-18-36)54-51(53-49)43-29-30-45-47(33-43)55-46-24-12-23-44(48(45)46)41-21-10-19-39(31-41)35-15-6-2-7-16-35/h1-33H. The van der Waals surface area contributed by atoms with Crippen LogP contribution >= 0.6 is 0 Å². The van der Waals surface area contributed by atoms with E-state index in [1.807, 2.05) is 24.3 Å². The molecule has 0 fully saturated rings. The van der Waals surface area contributed by atoms with Gasteiger partial charge in [-0.05, 0) is 74.8 Å². The van der Waals surface area contributed by atoms with Gasteiger partial charge in [0.2, 0.25) is 0 Å². The Morgan fingerprint density at radius 1 is 0.273 bits per heavy atom. The van der Waals surface area contributed by atoms with E-state index >= 15 is 0 Å². The fourth-order valence-corrected chi connectivity index (χ4v) is 7.38. The average molecular weight is 704 g/mol. The van der Waals surface area contributed by atoms with Gasteiger partial charge in [-0.25, -0.2) is 15.0 Å². The lowest BCUT2D eigenvalue weighted by molar-refractivity contribution is 0.669. The number of furan rings is 1. The average Bonchev–Trinajstić information content (AvgIpc) is 3.66. The third-order valence-electron chi connectivity index (χ3n) is 10.1. The highest BCUT2D eigenvalue weighted by Gasteiger charge is 2.17. The van der Waals surface area contributed by atoms with Gasteiger partial charge in [0.1, 0.15) is 11.2 Å². The molecule has 0 saturated heterocycles. The van der Waals surface area contributed by atoms with E-state index in [2.05, 4.69) is 176 Å². The van der Waals surface area contributed by atoms with Gasteiger partial charge in [-0.2, -0.15) is 0 Å². The van der Waals surface area contributed by atoms with Crippen LogP contribution in [0.2, 0.25) is 0 Å². The van der Waals surface area contributed by atoms with Crippen molar-refractivity contribution >= 4 is 21.9 Å². The molecule has 2 aromatic heterocycles. The lowest BCUT2D eigenvalue weighted by Gasteiger charge is -2.10. The van der Waals surface area contributed by atoms with Gasteiger partial charge in [-0.1, -0.05) is 170 Å². The number of fused-ring (bicyclic) bond motifs is 3. The second kappa shape index (κ2) is 13.8. The molecule has 0 radical (unpaired) electrons. The van der Waals surface area contributed by atoms with Gasteiger partial charge < -0.3 is 4.42 Å². The summed E-state index contributed by atoms with van der Waals surface area (Å²) in [4.78, 5) is 15.2. The molecule has 8 aromatic carbocycles. The molecule has 0 amide bonds. The van der Waals surface area contributed by atoms with Gasteiger partial charge in [-0.3, -0.25) is 0 Å². The Labute approximate surface area is 319 Å². The van der Waals surface area contributed by atoms with Crippen LogP contribution in [0.4, 0.5) is 0 Å². The van der Waals surface area contributed by atoms with E-state index in [1.54, 1.807) is 0 Å². The minimum Gasteiger partial charge on any atom is -0.456 e. The predicted octanol–water partition coefficient (Wildman–Crippen LogP) is 13.4. The summed E-state index contributed by atoms with van der Waals surface area (Å²) >= 11 is 0. The normalized spacial score (nSPS) is 11.3. The lowest BCUT2D eigenvalue weighted by atomic mass is 9.96. The van der Waals surface area contributed by atoms with Crippen LogP contribution in [0.1, 0.15) is 0 Å². The Morgan fingerprint density at radius 3 is 1.31 bits per heavy atom. The summed E-state index contributed by atoms with van der Waals surface area (Å²) in [5.74, 6) is 1.79. The molecule has 0 spiro atoms. The number of aromatic nitrogens is 3.